The number of pyridine rings is 1. The van der Waals surface area contributed by atoms with Gasteiger partial charge in [-0.3, -0.25) is 9.48 Å². The van der Waals surface area contributed by atoms with Crippen molar-refractivity contribution in [2.24, 2.45) is 7.05 Å². The maximum absolute atomic E-state index is 12.9. The van der Waals surface area contributed by atoms with Gasteiger partial charge in [0.25, 0.3) is 5.91 Å². The van der Waals surface area contributed by atoms with Crippen molar-refractivity contribution in [3.63, 3.8) is 0 Å². The van der Waals surface area contributed by atoms with Gasteiger partial charge in [0.05, 0.1) is 11.7 Å². The van der Waals surface area contributed by atoms with Gasteiger partial charge in [-0.15, -0.1) is 10.2 Å². The highest BCUT2D eigenvalue weighted by Gasteiger charge is 2.20. The summed E-state index contributed by atoms with van der Waals surface area (Å²) in [6, 6.07) is 11.9. The monoisotopic (exact) mass is 442 g/mol. The Labute approximate surface area is 191 Å². The third-order valence-corrected chi connectivity index (χ3v) is 6.10. The SMILES string of the molecule is CNC1CCN(c2cc(C(=O)Nc3cc4cc(-c5cnn(C)c5)ccc4nn3)ccn2)CC1. The van der Waals surface area contributed by atoms with E-state index in [2.05, 4.69) is 35.8 Å². The number of anilines is 2. The predicted octanol–water partition coefficient (Wildman–Crippen LogP) is 2.87. The van der Waals surface area contributed by atoms with E-state index < -0.39 is 0 Å². The van der Waals surface area contributed by atoms with Crippen molar-refractivity contribution in [3.8, 4) is 11.1 Å². The van der Waals surface area contributed by atoms with Crippen LogP contribution in [-0.4, -0.2) is 57.0 Å². The number of rotatable bonds is 5. The molecule has 1 aliphatic rings. The first-order chi connectivity index (χ1) is 16.1. The van der Waals surface area contributed by atoms with Gasteiger partial charge in [-0.2, -0.15) is 5.10 Å². The molecule has 0 aliphatic carbocycles. The van der Waals surface area contributed by atoms with Crippen LogP contribution in [0.3, 0.4) is 0 Å². The Morgan fingerprint density at radius 3 is 2.67 bits per heavy atom. The normalized spacial score (nSPS) is 14.5. The number of aromatic nitrogens is 5. The van der Waals surface area contributed by atoms with Gasteiger partial charge in [0.15, 0.2) is 5.82 Å². The number of carbonyl (C=O) groups excluding carboxylic acids is 1. The van der Waals surface area contributed by atoms with E-state index in [1.807, 2.05) is 56.8 Å². The van der Waals surface area contributed by atoms with Crippen LogP contribution in [0.25, 0.3) is 22.0 Å². The fourth-order valence-electron chi connectivity index (χ4n) is 4.17. The van der Waals surface area contributed by atoms with E-state index in [1.54, 1.807) is 16.9 Å². The molecule has 0 spiro atoms. The number of piperidine rings is 1. The minimum absolute atomic E-state index is 0.235. The molecule has 1 saturated heterocycles. The molecule has 0 unspecified atom stereocenters. The van der Waals surface area contributed by atoms with Crippen molar-refractivity contribution in [1.29, 1.82) is 0 Å². The zero-order valence-electron chi connectivity index (χ0n) is 18.7. The molecule has 0 bridgehead atoms. The number of amides is 1. The number of fused-ring (bicyclic) bond motifs is 1. The molecule has 2 N–H and O–H groups in total. The molecule has 5 rings (SSSR count). The van der Waals surface area contributed by atoms with Crippen LogP contribution in [-0.2, 0) is 7.05 Å². The topological polar surface area (TPSA) is 101 Å². The smallest absolute Gasteiger partial charge is 0.257 e. The van der Waals surface area contributed by atoms with Gasteiger partial charge in [-0.25, -0.2) is 4.98 Å². The second-order valence-electron chi connectivity index (χ2n) is 8.31. The summed E-state index contributed by atoms with van der Waals surface area (Å²) in [5, 5.41) is 19.8. The van der Waals surface area contributed by atoms with Gasteiger partial charge in [0, 0.05) is 55.1 Å². The predicted molar refractivity (Wildman–Crippen MR) is 128 cm³/mol. The van der Waals surface area contributed by atoms with Crippen LogP contribution < -0.4 is 15.5 Å². The van der Waals surface area contributed by atoms with E-state index in [-0.39, 0.29) is 5.91 Å². The number of hydrogen-bond donors (Lipinski definition) is 2. The minimum Gasteiger partial charge on any atom is -0.356 e. The maximum Gasteiger partial charge on any atom is 0.257 e. The van der Waals surface area contributed by atoms with E-state index in [1.165, 1.54) is 0 Å². The van der Waals surface area contributed by atoms with Crippen LogP contribution in [0.4, 0.5) is 11.6 Å². The Bertz CT molecular complexity index is 1290. The quantitative estimate of drug-likeness (QED) is 0.490. The molecular formula is C24H26N8O. The Balaban J connectivity index is 1.33. The second-order valence-corrected chi connectivity index (χ2v) is 8.31. The van der Waals surface area contributed by atoms with Crippen molar-refractivity contribution in [2.45, 2.75) is 18.9 Å². The average Bonchev–Trinajstić information content (AvgIpc) is 3.30. The highest BCUT2D eigenvalue weighted by atomic mass is 16.1. The number of aryl methyl sites for hydroxylation is 1. The molecule has 4 aromatic rings. The Morgan fingerprint density at radius 1 is 1.06 bits per heavy atom. The van der Waals surface area contributed by atoms with Crippen molar-refractivity contribution in [3.05, 3.63) is 60.6 Å². The molecule has 0 atom stereocenters. The van der Waals surface area contributed by atoms with Crippen LogP contribution in [0.2, 0.25) is 0 Å². The number of nitrogens with zero attached hydrogens (tertiary/aromatic N) is 6. The molecule has 168 valence electrons. The largest absolute Gasteiger partial charge is 0.356 e. The zero-order chi connectivity index (χ0) is 22.8. The van der Waals surface area contributed by atoms with Gasteiger partial charge in [0.2, 0.25) is 0 Å². The van der Waals surface area contributed by atoms with E-state index in [0.29, 0.717) is 17.4 Å². The fourth-order valence-corrected chi connectivity index (χ4v) is 4.17. The zero-order valence-corrected chi connectivity index (χ0v) is 18.7. The third-order valence-electron chi connectivity index (χ3n) is 6.10. The molecule has 1 aliphatic heterocycles. The first-order valence-corrected chi connectivity index (χ1v) is 11.1. The van der Waals surface area contributed by atoms with Crippen LogP contribution in [0.5, 0.6) is 0 Å². The highest BCUT2D eigenvalue weighted by molar-refractivity contribution is 6.04. The van der Waals surface area contributed by atoms with Crippen LogP contribution in [0.15, 0.2) is 55.0 Å². The second kappa shape index (κ2) is 8.95. The molecular weight excluding hydrogens is 416 g/mol. The number of benzene rings is 1. The lowest BCUT2D eigenvalue weighted by molar-refractivity contribution is 0.102. The van der Waals surface area contributed by atoms with Gasteiger partial charge in [-0.1, -0.05) is 6.07 Å². The average molecular weight is 443 g/mol. The highest BCUT2D eigenvalue weighted by Crippen LogP contribution is 2.24. The molecule has 1 aromatic carbocycles. The van der Waals surface area contributed by atoms with Gasteiger partial charge in [-0.05, 0) is 55.8 Å². The van der Waals surface area contributed by atoms with Gasteiger partial charge in [0.1, 0.15) is 5.82 Å². The summed E-state index contributed by atoms with van der Waals surface area (Å²) >= 11 is 0. The van der Waals surface area contributed by atoms with Gasteiger partial charge < -0.3 is 15.5 Å². The molecule has 33 heavy (non-hydrogen) atoms. The summed E-state index contributed by atoms with van der Waals surface area (Å²) in [4.78, 5) is 19.6. The molecule has 3 aromatic heterocycles. The molecule has 0 radical (unpaired) electrons. The van der Waals surface area contributed by atoms with Crippen molar-refractivity contribution >= 4 is 28.4 Å². The summed E-state index contributed by atoms with van der Waals surface area (Å²) in [6.45, 7) is 1.83. The summed E-state index contributed by atoms with van der Waals surface area (Å²) < 4.78 is 1.77. The van der Waals surface area contributed by atoms with E-state index in [9.17, 15) is 4.79 Å². The van der Waals surface area contributed by atoms with Crippen molar-refractivity contribution < 1.29 is 4.79 Å². The van der Waals surface area contributed by atoms with E-state index in [0.717, 1.165) is 53.8 Å². The molecule has 0 saturated carbocycles. The maximum atomic E-state index is 12.9. The summed E-state index contributed by atoms with van der Waals surface area (Å²) in [6.07, 6.45) is 7.58. The lowest BCUT2D eigenvalue weighted by atomic mass is 10.1. The molecule has 4 heterocycles. The summed E-state index contributed by atoms with van der Waals surface area (Å²) in [7, 11) is 3.89. The lowest BCUT2D eigenvalue weighted by Crippen LogP contribution is -2.41. The number of carbonyl (C=O) groups is 1. The van der Waals surface area contributed by atoms with Crippen LogP contribution >= 0.6 is 0 Å². The Kier molecular flexibility index (Phi) is 5.70. The fraction of sp³-hybridized carbons (Fsp3) is 0.292. The summed E-state index contributed by atoms with van der Waals surface area (Å²) in [5.41, 5.74) is 3.35. The first kappa shape index (κ1) is 21.0. The Morgan fingerprint density at radius 2 is 1.91 bits per heavy atom. The molecule has 9 nitrogen and oxygen atoms in total. The lowest BCUT2D eigenvalue weighted by Gasteiger charge is -2.32. The van der Waals surface area contributed by atoms with Crippen molar-refractivity contribution in [1.82, 2.24) is 30.3 Å². The Hall–Kier alpha value is -3.85. The van der Waals surface area contributed by atoms with Crippen molar-refractivity contribution in [2.75, 3.05) is 30.4 Å². The van der Waals surface area contributed by atoms with E-state index >= 15 is 0 Å². The van der Waals surface area contributed by atoms with E-state index in [4.69, 9.17) is 0 Å². The molecule has 9 heteroatoms. The standard InChI is InChI=1S/C24H26N8O/c1-25-20-6-9-32(10-7-20)23-13-17(5-8-26-23)24(33)28-22-12-18-11-16(3-4-21(18)29-30-22)19-14-27-31(2)15-19/h3-5,8,11-15,20,25H,6-7,9-10H2,1-2H3,(H,28,30,33). The first-order valence-electron chi connectivity index (χ1n) is 11.1. The minimum atomic E-state index is -0.235. The summed E-state index contributed by atoms with van der Waals surface area (Å²) in [5.74, 6) is 0.993. The van der Waals surface area contributed by atoms with Crippen LogP contribution in [0.1, 0.15) is 23.2 Å². The van der Waals surface area contributed by atoms with Crippen LogP contribution in [0, 0.1) is 0 Å². The molecule has 1 fully saturated rings. The molecule has 1 amide bonds. The number of hydrogen-bond acceptors (Lipinski definition) is 7. The third kappa shape index (κ3) is 4.54. The van der Waals surface area contributed by atoms with Gasteiger partial charge >= 0.3 is 0 Å². The number of nitrogens with one attached hydrogen (secondary N) is 2.